The number of carbonyl (C=O) groups is 4. The van der Waals surface area contributed by atoms with E-state index in [-0.39, 0.29) is 36.2 Å². The molecule has 0 bridgehead atoms. The van der Waals surface area contributed by atoms with Crippen LogP contribution in [0, 0.1) is 0 Å². The van der Waals surface area contributed by atoms with Crippen LogP contribution >= 0.6 is 0 Å². The number of unbranched alkanes of at least 4 members (excludes halogenated alkanes) is 2. The molecule has 1 aliphatic carbocycles. The number of nitrogens with zero attached hydrogens (tertiary/aromatic N) is 8. The minimum absolute atomic E-state index is 0.174. The number of rotatable bonds is 15. The summed E-state index contributed by atoms with van der Waals surface area (Å²) in [6.45, 7) is 9.87. The molecule has 64 heavy (non-hydrogen) atoms. The summed E-state index contributed by atoms with van der Waals surface area (Å²) >= 11 is 0. The van der Waals surface area contributed by atoms with Crippen LogP contribution in [-0.2, 0) is 39.5 Å². The summed E-state index contributed by atoms with van der Waals surface area (Å²) in [5.41, 5.74) is 4.96. The maximum Gasteiger partial charge on any atom is 0.278 e. The Bertz CT molecular complexity index is 2700. The topological polar surface area (TPSA) is 200 Å². The van der Waals surface area contributed by atoms with Crippen molar-refractivity contribution >= 4 is 57.7 Å². The lowest BCUT2D eigenvalue weighted by Gasteiger charge is -2.36. The summed E-state index contributed by atoms with van der Waals surface area (Å²) in [5, 5.41) is 20.7. The number of imide groups is 1. The minimum Gasteiger partial charge on any atom is -0.385 e. The Kier molecular flexibility index (Phi) is 11.7. The molecule has 2 aromatic carbocycles. The molecule has 332 valence electrons. The summed E-state index contributed by atoms with van der Waals surface area (Å²) in [7, 11) is 0. The van der Waals surface area contributed by atoms with E-state index in [0.717, 1.165) is 73.5 Å². The summed E-state index contributed by atoms with van der Waals surface area (Å²) < 4.78 is 3.21. The number of fused-ring (bicyclic) bond motifs is 3. The van der Waals surface area contributed by atoms with Gasteiger partial charge in [0, 0.05) is 80.9 Å². The number of aromatic nitrogens is 5. The van der Waals surface area contributed by atoms with Crippen molar-refractivity contribution in [1.29, 1.82) is 0 Å². The first kappa shape index (κ1) is 42.4. The Morgan fingerprint density at radius 2 is 1.75 bits per heavy atom. The zero-order valence-electron chi connectivity index (χ0n) is 36.0. The van der Waals surface area contributed by atoms with Crippen molar-refractivity contribution in [1.82, 2.24) is 39.4 Å². The molecule has 0 radical (unpaired) electrons. The SMILES string of the molecule is C=CCn1c(=O)c2cnc(Nc3ccc(N4CCN(C(=O)CCCCCNc5ccc6c(c5)CN(C5CCC(=O)NC5=O)C6=O)CC4)cc3)nc2n1-c1ccc2c(n1)[C@@](O)(CC)CC2. The van der Waals surface area contributed by atoms with E-state index in [2.05, 4.69) is 32.4 Å². The number of aliphatic hydroxyl groups is 1. The molecule has 2 fully saturated rings. The van der Waals surface area contributed by atoms with Gasteiger partial charge in [-0.15, -0.1) is 6.58 Å². The molecule has 2 atom stereocenters. The fourth-order valence-electron chi connectivity index (χ4n) is 9.36. The third-order valence-electron chi connectivity index (χ3n) is 13.0. The highest BCUT2D eigenvalue weighted by atomic mass is 16.3. The van der Waals surface area contributed by atoms with Crippen LogP contribution < -0.4 is 26.4 Å². The van der Waals surface area contributed by atoms with Crippen molar-refractivity contribution < 1.29 is 24.3 Å². The maximum absolute atomic E-state index is 13.5. The van der Waals surface area contributed by atoms with Gasteiger partial charge in [-0.3, -0.25) is 29.3 Å². The third kappa shape index (κ3) is 8.22. The lowest BCUT2D eigenvalue weighted by atomic mass is 9.98. The molecular weight excluding hydrogens is 815 g/mol. The average Bonchev–Trinajstić information content (AvgIpc) is 3.92. The molecule has 2 saturated heterocycles. The van der Waals surface area contributed by atoms with Crippen molar-refractivity contribution in [2.75, 3.05) is 48.3 Å². The van der Waals surface area contributed by atoms with Crippen LogP contribution in [0.5, 0.6) is 0 Å². The zero-order valence-corrected chi connectivity index (χ0v) is 36.0. The van der Waals surface area contributed by atoms with E-state index in [4.69, 9.17) is 9.97 Å². The number of pyridine rings is 1. The highest BCUT2D eigenvalue weighted by Gasteiger charge is 2.40. The van der Waals surface area contributed by atoms with Gasteiger partial charge in [0.05, 0.1) is 12.2 Å². The van der Waals surface area contributed by atoms with Gasteiger partial charge >= 0.3 is 0 Å². The highest BCUT2D eigenvalue weighted by Crippen LogP contribution is 2.38. The highest BCUT2D eigenvalue weighted by molar-refractivity contribution is 6.05. The van der Waals surface area contributed by atoms with Gasteiger partial charge in [-0.05, 0) is 98.2 Å². The van der Waals surface area contributed by atoms with E-state index in [1.54, 1.807) is 21.7 Å². The lowest BCUT2D eigenvalue weighted by molar-refractivity contribution is -0.137. The number of aryl methyl sites for hydroxylation is 1. The summed E-state index contributed by atoms with van der Waals surface area (Å²) in [4.78, 5) is 83.4. The second-order valence-electron chi connectivity index (χ2n) is 17.0. The van der Waals surface area contributed by atoms with E-state index < -0.39 is 17.6 Å². The van der Waals surface area contributed by atoms with Gasteiger partial charge < -0.3 is 30.4 Å². The van der Waals surface area contributed by atoms with Gasteiger partial charge in [-0.25, -0.2) is 19.3 Å². The molecule has 3 aliphatic heterocycles. The summed E-state index contributed by atoms with van der Waals surface area (Å²) in [6, 6.07) is 16.8. The fraction of sp³-hybridized carbons (Fsp3) is 0.404. The Morgan fingerprint density at radius 1 is 0.953 bits per heavy atom. The molecule has 0 spiro atoms. The van der Waals surface area contributed by atoms with Gasteiger partial charge in [0.2, 0.25) is 23.7 Å². The van der Waals surface area contributed by atoms with Crippen LogP contribution in [0.3, 0.4) is 0 Å². The Hall–Kier alpha value is -6.88. The zero-order chi connectivity index (χ0) is 44.5. The van der Waals surface area contributed by atoms with Crippen LogP contribution in [0.15, 0.2) is 78.2 Å². The second-order valence-corrected chi connectivity index (χ2v) is 17.0. The molecule has 17 heteroatoms. The number of carbonyl (C=O) groups excluding carboxylic acids is 4. The number of benzene rings is 2. The molecule has 9 rings (SSSR count). The number of amides is 4. The lowest BCUT2D eigenvalue weighted by Crippen LogP contribution is -2.52. The molecular formula is C47H53N11O6. The normalized spacial score (nSPS) is 19.5. The first-order valence-electron chi connectivity index (χ1n) is 22.3. The standard InChI is InChI=1S/C47H53N11O6/c1-3-22-57-45(63)36-28-49-46(53-42(36)58(57)38-17-9-30-19-20-47(64,4-2)41(30)51-38)50-32-10-13-34(14-11-32)54-23-25-55(26-24-54)40(60)8-6-5-7-21-48-33-12-15-35-31(27-33)29-56(44(35)62)37-16-18-39(59)52-43(37)61/h3,9-15,17,27-28,37,48,64H,1,4-8,16,18-26,29H2,2H3,(H,49,50,53)(H,52,59,61)/t37?,47-/m1/s1. The van der Waals surface area contributed by atoms with Gasteiger partial charge in [0.15, 0.2) is 11.5 Å². The van der Waals surface area contributed by atoms with E-state index in [1.807, 2.05) is 60.4 Å². The fourth-order valence-corrected chi connectivity index (χ4v) is 9.36. The largest absolute Gasteiger partial charge is 0.385 e. The number of anilines is 4. The number of allylic oxidation sites excluding steroid dienone is 1. The van der Waals surface area contributed by atoms with Crippen molar-refractivity contribution in [2.45, 2.75) is 89.4 Å². The van der Waals surface area contributed by atoms with Gasteiger partial charge in [-0.1, -0.05) is 25.5 Å². The van der Waals surface area contributed by atoms with Crippen molar-refractivity contribution in [2.24, 2.45) is 0 Å². The first-order valence-corrected chi connectivity index (χ1v) is 22.3. The molecule has 5 aromatic rings. The van der Waals surface area contributed by atoms with E-state index in [0.29, 0.717) is 79.4 Å². The predicted molar refractivity (Wildman–Crippen MR) is 242 cm³/mol. The smallest absolute Gasteiger partial charge is 0.278 e. The molecule has 17 nitrogen and oxygen atoms in total. The third-order valence-corrected chi connectivity index (χ3v) is 13.0. The molecule has 4 aliphatic rings. The summed E-state index contributed by atoms with van der Waals surface area (Å²) in [5.74, 6) is 0.0768. The van der Waals surface area contributed by atoms with E-state index >= 15 is 0 Å². The van der Waals surface area contributed by atoms with Crippen LogP contribution in [0.25, 0.3) is 16.9 Å². The van der Waals surface area contributed by atoms with Crippen molar-refractivity contribution in [3.63, 3.8) is 0 Å². The molecule has 4 amide bonds. The molecule has 1 unspecified atom stereocenters. The van der Waals surface area contributed by atoms with Crippen LogP contribution in [0.1, 0.15) is 85.5 Å². The number of hydrogen-bond donors (Lipinski definition) is 4. The molecule has 0 saturated carbocycles. The Labute approximate surface area is 370 Å². The second kappa shape index (κ2) is 17.7. The predicted octanol–water partition coefficient (Wildman–Crippen LogP) is 4.53. The van der Waals surface area contributed by atoms with E-state index in [1.165, 1.54) is 10.9 Å². The Balaban J connectivity index is 0.736. The monoisotopic (exact) mass is 867 g/mol. The van der Waals surface area contributed by atoms with Crippen LogP contribution in [-0.4, -0.2) is 102 Å². The minimum atomic E-state index is -1.01. The number of nitrogens with one attached hydrogen (secondary N) is 3. The van der Waals surface area contributed by atoms with Crippen molar-refractivity contribution in [3.05, 3.63) is 106 Å². The quantitative estimate of drug-likeness (QED) is 0.0653. The van der Waals surface area contributed by atoms with Crippen molar-refractivity contribution in [3.8, 4) is 5.82 Å². The van der Waals surface area contributed by atoms with E-state index in [9.17, 15) is 29.1 Å². The number of piperidine rings is 1. The van der Waals surface area contributed by atoms with Gasteiger partial charge in [-0.2, -0.15) is 4.98 Å². The Morgan fingerprint density at radius 3 is 2.52 bits per heavy atom. The van der Waals surface area contributed by atoms with Crippen LogP contribution in [0.2, 0.25) is 0 Å². The molecule has 6 heterocycles. The van der Waals surface area contributed by atoms with Gasteiger partial charge in [0.1, 0.15) is 17.0 Å². The number of piperazine rings is 1. The maximum atomic E-state index is 13.5. The number of hydrogen-bond acceptors (Lipinski definition) is 12. The average molecular weight is 868 g/mol. The first-order chi connectivity index (χ1) is 31.0. The molecule has 4 N–H and O–H groups in total. The molecule has 3 aromatic heterocycles. The van der Waals surface area contributed by atoms with Crippen LogP contribution in [0.4, 0.5) is 23.0 Å². The summed E-state index contributed by atoms with van der Waals surface area (Å²) in [6.07, 6.45) is 8.74. The van der Waals surface area contributed by atoms with Gasteiger partial charge in [0.25, 0.3) is 11.5 Å².